The predicted octanol–water partition coefficient (Wildman–Crippen LogP) is 2.46. The normalized spacial score (nSPS) is 19.6. The van der Waals surface area contributed by atoms with Crippen molar-refractivity contribution in [2.45, 2.75) is 31.7 Å². The Labute approximate surface area is 108 Å². The highest BCUT2D eigenvalue weighted by molar-refractivity contribution is 5.89. The van der Waals surface area contributed by atoms with Crippen LogP contribution in [0.3, 0.4) is 0 Å². The number of hydrogen-bond donors (Lipinski definition) is 2. The molecule has 0 aliphatic carbocycles. The molecular weight excluding hydrogens is 228 g/mol. The molecule has 1 saturated heterocycles. The third kappa shape index (κ3) is 3.23. The molecule has 1 aliphatic heterocycles. The van der Waals surface area contributed by atoms with Crippen LogP contribution in [-0.4, -0.2) is 35.2 Å². The Bertz CT molecular complexity index is 379. The number of amides is 2. The Balaban J connectivity index is 1.98. The standard InChI is InChI=1S/C14H20N2O2/c17-11-9-13-8-4-5-10-16(13)14(18)15-12-6-2-1-3-7-12/h1-3,6-7,13,17H,4-5,8-11H2,(H,15,18). The van der Waals surface area contributed by atoms with Gasteiger partial charge in [-0.2, -0.15) is 0 Å². The number of anilines is 1. The lowest BCUT2D eigenvalue weighted by atomic mass is 10.0. The van der Waals surface area contributed by atoms with Crippen molar-refractivity contribution in [3.8, 4) is 0 Å². The Kier molecular flexibility index (Phi) is 4.59. The number of nitrogens with one attached hydrogen (secondary N) is 1. The van der Waals surface area contributed by atoms with E-state index in [-0.39, 0.29) is 18.7 Å². The number of carbonyl (C=O) groups excluding carboxylic acids is 1. The Morgan fingerprint density at radius 3 is 2.83 bits per heavy atom. The zero-order valence-electron chi connectivity index (χ0n) is 10.5. The first kappa shape index (κ1) is 12.9. The molecule has 4 nitrogen and oxygen atoms in total. The van der Waals surface area contributed by atoms with E-state index in [2.05, 4.69) is 5.32 Å². The maximum Gasteiger partial charge on any atom is 0.322 e. The van der Waals surface area contributed by atoms with Gasteiger partial charge in [0.05, 0.1) is 0 Å². The van der Waals surface area contributed by atoms with Crippen molar-refractivity contribution < 1.29 is 9.90 Å². The van der Waals surface area contributed by atoms with Crippen molar-refractivity contribution in [1.29, 1.82) is 0 Å². The molecule has 1 heterocycles. The molecule has 0 spiro atoms. The van der Waals surface area contributed by atoms with E-state index in [1.165, 1.54) is 0 Å². The van der Waals surface area contributed by atoms with E-state index in [9.17, 15) is 4.79 Å². The van der Waals surface area contributed by atoms with Gasteiger partial charge in [0.15, 0.2) is 0 Å². The second-order valence-electron chi connectivity index (χ2n) is 4.65. The zero-order chi connectivity index (χ0) is 12.8. The molecule has 0 bridgehead atoms. The van der Waals surface area contributed by atoms with E-state index in [0.29, 0.717) is 6.42 Å². The van der Waals surface area contributed by atoms with Crippen LogP contribution in [0.1, 0.15) is 25.7 Å². The number of nitrogens with zero attached hydrogens (tertiary/aromatic N) is 1. The molecule has 1 aliphatic rings. The van der Waals surface area contributed by atoms with Gasteiger partial charge in [0.2, 0.25) is 0 Å². The van der Waals surface area contributed by atoms with Crippen molar-refractivity contribution >= 4 is 11.7 Å². The lowest BCUT2D eigenvalue weighted by Gasteiger charge is -2.35. The van der Waals surface area contributed by atoms with E-state index in [1.54, 1.807) is 0 Å². The number of urea groups is 1. The van der Waals surface area contributed by atoms with E-state index in [0.717, 1.165) is 31.5 Å². The van der Waals surface area contributed by atoms with Crippen LogP contribution >= 0.6 is 0 Å². The van der Waals surface area contributed by atoms with Gasteiger partial charge in [0.25, 0.3) is 0 Å². The van der Waals surface area contributed by atoms with E-state index < -0.39 is 0 Å². The van der Waals surface area contributed by atoms with Gasteiger partial charge >= 0.3 is 6.03 Å². The largest absolute Gasteiger partial charge is 0.396 e. The maximum atomic E-state index is 12.2. The van der Waals surface area contributed by atoms with Crippen LogP contribution in [0, 0.1) is 0 Å². The number of para-hydroxylation sites is 1. The highest BCUT2D eigenvalue weighted by Gasteiger charge is 2.26. The van der Waals surface area contributed by atoms with Gasteiger partial charge in [0.1, 0.15) is 0 Å². The quantitative estimate of drug-likeness (QED) is 0.863. The fourth-order valence-electron chi connectivity index (χ4n) is 2.43. The molecule has 1 aromatic rings. The molecule has 18 heavy (non-hydrogen) atoms. The van der Waals surface area contributed by atoms with Crippen LogP contribution in [0.25, 0.3) is 0 Å². The first-order chi connectivity index (χ1) is 8.81. The highest BCUT2D eigenvalue weighted by Crippen LogP contribution is 2.20. The lowest BCUT2D eigenvalue weighted by molar-refractivity contribution is 0.141. The summed E-state index contributed by atoms with van der Waals surface area (Å²) in [7, 11) is 0. The number of hydrogen-bond acceptors (Lipinski definition) is 2. The summed E-state index contributed by atoms with van der Waals surface area (Å²) >= 11 is 0. The minimum Gasteiger partial charge on any atom is -0.396 e. The zero-order valence-corrected chi connectivity index (χ0v) is 10.5. The van der Waals surface area contributed by atoms with Crippen molar-refractivity contribution in [3.63, 3.8) is 0 Å². The van der Waals surface area contributed by atoms with Crippen LogP contribution in [0.5, 0.6) is 0 Å². The van der Waals surface area contributed by atoms with Crippen molar-refractivity contribution in [2.75, 3.05) is 18.5 Å². The topological polar surface area (TPSA) is 52.6 Å². The molecular formula is C14H20N2O2. The fourth-order valence-corrected chi connectivity index (χ4v) is 2.43. The maximum absolute atomic E-state index is 12.2. The average molecular weight is 248 g/mol. The van der Waals surface area contributed by atoms with Gasteiger partial charge in [-0.15, -0.1) is 0 Å². The minimum atomic E-state index is -0.0562. The second kappa shape index (κ2) is 6.40. The summed E-state index contributed by atoms with van der Waals surface area (Å²) in [6.45, 7) is 0.920. The van der Waals surface area contributed by atoms with Gasteiger partial charge in [-0.1, -0.05) is 18.2 Å². The van der Waals surface area contributed by atoms with Crippen LogP contribution in [0.2, 0.25) is 0 Å². The smallest absolute Gasteiger partial charge is 0.322 e. The molecule has 0 aromatic heterocycles. The van der Waals surface area contributed by atoms with E-state index in [1.807, 2.05) is 35.2 Å². The van der Waals surface area contributed by atoms with Gasteiger partial charge < -0.3 is 15.3 Å². The van der Waals surface area contributed by atoms with Gasteiger partial charge in [-0.25, -0.2) is 4.79 Å². The Hall–Kier alpha value is -1.55. The summed E-state index contributed by atoms with van der Waals surface area (Å²) in [5, 5.41) is 12.0. The van der Waals surface area contributed by atoms with Gasteiger partial charge in [0, 0.05) is 24.9 Å². The number of carbonyl (C=O) groups is 1. The minimum absolute atomic E-state index is 0.0562. The van der Waals surface area contributed by atoms with Crippen LogP contribution in [-0.2, 0) is 0 Å². The number of benzene rings is 1. The second-order valence-corrected chi connectivity index (χ2v) is 4.65. The molecule has 1 atom stereocenters. The molecule has 2 amide bonds. The van der Waals surface area contributed by atoms with Crippen molar-refractivity contribution in [2.24, 2.45) is 0 Å². The molecule has 98 valence electrons. The van der Waals surface area contributed by atoms with Gasteiger partial charge in [-0.05, 0) is 37.8 Å². The first-order valence-electron chi connectivity index (χ1n) is 6.55. The molecule has 0 saturated carbocycles. The SMILES string of the molecule is O=C(Nc1ccccc1)N1CCCCC1CCO. The summed E-state index contributed by atoms with van der Waals surface area (Å²) in [6, 6.07) is 9.59. The number of likely N-dealkylation sites (tertiary alicyclic amines) is 1. The van der Waals surface area contributed by atoms with Gasteiger partial charge in [-0.3, -0.25) is 0 Å². The Morgan fingerprint density at radius 1 is 1.33 bits per heavy atom. The summed E-state index contributed by atoms with van der Waals surface area (Å²) in [5.74, 6) is 0. The monoisotopic (exact) mass is 248 g/mol. The Morgan fingerprint density at radius 2 is 2.11 bits per heavy atom. The molecule has 1 aromatic carbocycles. The number of piperidine rings is 1. The summed E-state index contributed by atoms with van der Waals surface area (Å²) in [6.07, 6.45) is 3.84. The molecule has 1 fully saturated rings. The van der Waals surface area contributed by atoms with E-state index in [4.69, 9.17) is 5.11 Å². The van der Waals surface area contributed by atoms with Crippen molar-refractivity contribution in [1.82, 2.24) is 4.90 Å². The van der Waals surface area contributed by atoms with Crippen LogP contribution < -0.4 is 5.32 Å². The lowest BCUT2D eigenvalue weighted by Crippen LogP contribution is -2.46. The van der Waals surface area contributed by atoms with Crippen LogP contribution in [0.4, 0.5) is 10.5 Å². The highest BCUT2D eigenvalue weighted by atomic mass is 16.3. The predicted molar refractivity (Wildman–Crippen MR) is 71.5 cm³/mol. The number of rotatable bonds is 3. The van der Waals surface area contributed by atoms with Crippen molar-refractivity contribution in [3.05, 3.63) is 30.3 Å². The average Bonchev–Trinajstić information content (AvgIpc) is 2.41. The number of aliphatic hydroxyl groups excluding tert-OH is 1. The molecule has 2 rings (SSSR count). The number of aliphatic hydroxyl groups is 1. The first-order valence-corrected chi connectivity index (χ1v) is 6.55. The molecule has 1 unspecified atom stereocenters. The van der Waals surface area contributed by atoms with E-state index >= 15 is 0 Å². The summed E-state index contributed by atoms with van der Waals surface area (Å²) < 4.78 is 0. The molecule has 2 N–H and O–H groups in total. The summed E-state index contributed by atoms with van der Waals surface area (Å²) in [4.78, 5) is 14.0. The molecule has 0 radical (unpaired) electrons. The molecule has 4 heteroatoms. The fraction of sp³-hybridized carbons (Fsp3) is 0.500. The summed E-state index contributed by atoms with van der Waals surface area (Å²) in [5.41, 5.74) is 0.816. The third-order valence-electron chi connectivity index (χ3n) is 3.38. The third-order valence-corrected chi connectivity index (χ3v) is 3.38. The van der Waals surface area contributed by atoms with Crippen LogP contribution in [0.15, 0.2) is 30.3 Å².